The molecule has 0 bridgehead atoms. The summed E-state index contributed by atoms with van der Waals surface area (Å²) in [5, 5.41) is 17.7. The SMILES string of the molecule is C=C(C)/C=C/c1ccc(/C(=C(\c2cnc(CC)cc2C)C2CCC2)c2ccc3[nH]nc(C#N)c3c2)cc1. The third-order valence-corrected chi connectivity index (χ3v) is 7.32. The van der Waals surface area contributed by atoms with E-state index in [1.807, 2.05) is 19.1 Å². The van der Waals surface area contributed by atoms with Gasteiger partial charge in [0.05, 0.1) is 5.52 Å². The minimum atomic E-state index is 0.423. The number of benzene rings is 2. The van der Waals surface area contributed by atoms with Crippen molar-refractivity contribution in [3.63, 3.8) is 0 Å². The lowest BCUT2D eigenvalue weighted by molar-refractivity contribution is 0.401. The Hall–Kier alpha value is -4.23. The predicted molar refractivity (Wildman–Crippen MR) is 153 cm³/mol. The van der Waals surface area contributed by atoms with Crippen molar-refractivity contribution in [1.29, 1.82) is 5.26 Å². The zero-order chi connectivity index (χ0) is 25.9. The Morgan fingerprint density at radius 2 is 1.89 bits per heavy atom. The van der Waals surface area contributed by atoms with Crippen LogP contribution in [0.25, 0.3) is 28.1 Å². The molecule has 1 aliphatic rings. The number of nitriles is 1. The molecule has 1 aliphatic carbocycles. The van der Waals surface area contributed by atoms with Crippen LogP contribution in [0.2, 0.25) is 0 Å². The smallest absolute Gasteiger partial charge is 0.170 e. The maximum absolute atomic E-state index is 9.63. The van der Waals surface area contributed by atoms with Crippen LogP contribution in [-0.2, 0) is 6.42 Å². The monoisotopic (exact) mass is 484 g/mol. The number of fused-ring (bicyclic) bond motifs is 1. The highest BCUT2D eigenvalue weighted by atomic mass is 15.1. The summed E-state index contributed by atoms with van der Waals surface area (Å²) in [6.07, 6.45) is 10.7. The van der Waals surface area contributed by atoms with Crippen molar-refractivity contribution in [2.45, 2.75) is 46.5 Å². The van der Waals surface area contributed by atoms with Crippen molar-refractivity contribution in [3.8, 4) is 6.07 Å². The number of aromatic nitrogens is 3. The van der Waals surface area contributed by atoms with Crippen molar-refractivity contribution < 1.29 is 0 Å². The van der Waals surface area contributed by atoms with Crippen LogP contribution in [0.1, 0.15) is 72.3 Å². The number of H-pyrrole nitrogens is 1. The molecule has 0 unspecified atom stereocenters. The fraction of sp³-hybridized carbons (Fsp3) is 0.242. The summed E-state index contributed by atoms with van der Waals surface area (Å²) in [6, 6.07) is 19.5. The summed E-state index contributed by atoms with van der Waals surface area (Å²) < 4.78 is 0. The molecule has 0 saturated heterocycles. The fourth-order valence-electron chi connectivity index (χ4n) is 5.08. The highest BCUT2D eigenvalue weighted by Gasteiger charge is 2.28. The van der Waals surface area contributed by atoms with E-state index in [2.05, 4.69) is 91.4 Å². The van der Waals surface area contributed by atoms with E-state index in [-0.39, 0.29) is 0 Å². The normalized spacial score (nSPS) is 14.4. The maximum Gasteiger partial charge on any atom is 0.170 e. The third kappa shape index (κ3) is 4.90. The first-order chi connectivity index (χ1) is 18.0. The van der Waals surface area contributed by atoms with E-state index in [1.165, 1.54) is 41.5 Å². The van der Waals surface area contributed by atoms with Gasteiger partial charge in [0.15, 0.2) is 5.69 Å². The molecule has 4 heteroatoms. The molecule has 1 saturated carbocycles. The van der Waals surface area contributed by atoms with Crippen LogP contribution in [0, 0.1) is 24.2 Å². The van der Waals surface area contributed by atoms with E-state index in [9.17, 15) is 5.26 Å². The summed E-state index contributed by atoms with van der Waals surface area (Å²) in [5.41, 5.74) is 11.9. The second-order valence-electron chi connectivity index (χ2n) is 10.0. The summed E-state index contributed by atoms with van der Waals surface area (Å²) in [5.74, 6) is 0.474. The molecule has 2 aromatic heterocycles. The number of pyridine rings is 1. The van der Waals surface area contributed by atoms with Crippen LogP contribution >= 0.6 is 0 Å². The number of nitrogens with zero attached hydrogens (tertiary/aromatic N) is 3. The van der Waals surface area contributed by atoms with Gasteiger partial charge in [-0.15, -0.1) is 0 Å². The fourth-order valence-corrected chi connectivity index (χ4v) is 5.08. The molecule has 37 heavy (non-hydrogen) atoms. The molecule has 1 N–H and O–H groups in total. The molecule has 0 radical (unpaired) electrons. The van der Waals surface area contributed by atoms with Gasteiger partial charge in [0, 0.05) is 17.3 Å². The number of aryl methyl sites for hydroxylation is 2. The molecule has 184 valence electrons. The van der Waals surface area contributed by atoms with E-state index in [0.29, 0.717) is 11.6 Å². The van der Waals surface area contributed by atoms with Crippen molar-refractivity contribution in [2.24, 2.45) is 5.92 Å². The van der Waals surface area contributed by atoms with Gasteiger partial charge in [-0.25, -0.2) is 0 Å². The number of allylic oxidation sites excluding steroid dienone is 3. The Morgan fingerprint density at radius 1 is 1.14 bits per heavy atom. The standard InChI is InChI=1S/C33H32N4/c1-5-27-17-22(4)29(20-35-27)33(24-7-6-8-24)32(25-13-11-23(12-14-25)10-9-21(2)3)26-15-16-30-28(18-26)31(19-34)37-36-30/h9-18,20,24H,2,5-8H2,1,3-4H3,(H,36,37)/b10-9+,33-32+. The van der Waals surface area contributed by atoms with Gasteiger partial charge in [-0.3, -0.25) is 10.1 Å². The number of rotatable bonds is 7. The summed E-state index contributed by atoms with van der Waals surface area (Å²) in [4.78, 5) is 4.80. The number of hydrogen-bond donors (Lipinski definition) is 1. The van der Waals surface area contributed by atoms with Crippen LogP contribution in [0.5, 0.6) is 0 Å². The Bertz CT molecular complexity index is 1570. The topological polar surface area (TPSA) is 65.4 Å². The van der Waals surface area contributed by atoms with E-state index < -0.39 is 0 Å². The molecule has 4 nitrogen and oxygen atoms in total. The lowest BCUT2D eigenvalue weighted by Gasteiger charge is -2.32. The number of nitrogens with one attached hydrogen (secondary N) is 1. The van der Waals surface area contributed by atoms with E-state index >= 15 is 0 Å². The molecular weight excluding hydrogens is 452 g/mol. The molecule has 0 amide bonds. The quantitative estimate of drug-likeness (QED) is 0.270. The minimum Gasteiger partial charge on any atom is -0.276 e. The van der Waals surface area contributed by atoms with Gasteiger partial charge in [0.25, 0.3) is 0 Å². The number of aromatic amines is 1. The van der Waals surface area contributed by atoms with Gasteiger partial charge in [-0.1, -0.05) is 68.0 Å². The molecule has 2 aromatic carbocycles. The summed E-state index contributed by atoms with van der Waals surface area (Å²) >= 11 is 0. The zero-order valence-electron chi connectivity index (χ0n) is 21.8. The predicted octanol–water partition coefficient (Wildman–Crippen LogP) is 8.05. The van der Waals surface area contributed by atoms with E-state index in [4.69, 9.17) is 4.98 Å². The molecular formula is C33H32N4. The van der Waals surface area contributed by atoms with Crippen molar-refractivity contribution >= 4 is 28.1 Å². The van der Waals surface area contributed by atoms with Gasteiger partial charge < -0.3 is 0 Å². The largest absolute Gasteiger partial charge is 0.276 e. The molecule has 5 rings (SSSR count). The second-order valence-corrected chi connectivity index (χ2v) is 10.0. The van der Waals surface area contributed by atoms with Crippen molar-refractivity contribution in [3.05, 3.63) is 112 Å². The van der Waals surface area contributed by atoms with Gasteiger partial charge in [0.1, 0.15) is 6.07 Å². The summed E-state index contributed by atoms with van der Waals surface area (Å²) in [6.45, 7) is 10.3. The molecule has 0 atom stereocenters. The Morgan fingerprint density at radius 3 is 2.51 bits per heavy atom. The van der Waals surface area contributed by atoms with Crippen molar-refractivity contribution in [1.82, 2.24) is 15.2 Å². The lowest BCUT2D eigenvalue weighted by atomic mass is 9.72. The molecule has 0 spiro atoms. The maximum atomic E-state index is 9.63. The summed E-state index contributed by atoms with van der Waals surface area (Å²) in [7, 11) is 0. The van der Waals surface area contributed by atoms with Crippen LogP contribution in [-0.4, -0.2) is 15.2 Å². The van der Waals surface area contributed by atoms with Crippen LogP contribution in [0.15, 0.2) is 73.0 Å². The Kier molecular flexibility index (Phi) is 6.88. The van der Waals surface area contributed by atoms with Crippen LogP contribution in [0.3, 0.4) is 0 Å². The zero-order valence-corrected chi connectivity index (χ0v) is 21.8. The molecule has 1 fully saturated rings. The second kappa shape index (κ2) is 10.4. The first kappa shape index (κ1) is 24.5. The average Bonchev–Trinajstić information content (AvgIpc) is 3.29. The van der Waals surface area contributed by atoms with Gasteiger partial charge >= 0.3 is 0 Å². The van der Waals surface area contributed by atoms with Crippen LogP contribution in [0.4, 0.5) is 0 Å². The molecule has 0 aliphatic heterocycles. The van der Waals surface area contributed by atoms with Gasteiger partial charge in [0.2, 0.25) is 0 Å². The molecule has 4 aromatic rings. The highest BCUT2D eigenvalue weighted by molar-refractivity contribution is 6.02. The van der Waals surface area contributed by atoms with E-state index in [1.54, 1.807) is 0 Å². The van der Waals surface area contributed by atoms with E-state index in [0.717, 1.165) is 45.3 Å². The van der Waals surface area contributed by atoms with Crippen molar-refractivity contribution in [2.75, 3.05) is 0 Å². The number of hydrogen-bond acceptors (Lipinski definition) is 3. The minimum absolute atomic E-state index is 0.423. The Labute approximate surface area is 219 Å². The van der Waals surface area contributed by atoms with Crippen LogP contribution < -0.4 is 0 Å². The average molecular weight is 485 g/mol. The third-order valence-electron chi connectivity index (χ3n) is 7.32. The first-order valence-corrected chi connectivity index (χ1v) is 13.0. The molecule has 2 heterocycles. The lowest BCUT2D eigenvalue weighted by Crippen LogP contribution is -2.16. The highest BCUT2D eigenvalue weighted by Crippen LogP contribution is 2.46. The Balaban J connectivity index is 1.77. The van der Waals surface area contributed by atoms with Gasteiger partial charge in [-0.2, -0.15) is 10.4 Å². The first-order valence-electron chi connectivity index (χ1n) is 13.0. The van der Waals surface area contributed by atoms with Gasteiger partial charge in [-0.05, 0) is 96.2 Å².